The number of rotatable bonds is 5. The van der Waals surface area contributed by atoms with Crippen molar-refractivity contribution < 1.29 is 14.5 Å². The summed E-state index contributed by atoms with van der Waals surface area (Å²) in [5, 5.41) is 23.2. The smallest absolute Gasteiger partial charge is 0.311 e. The average molecular weight is 392 g/mol. The van der Waals surface area contributed by atoms with Gasteiger partial charge in [0.1, 0.15) is 11.6 Å². The van der Waals surface area contributed by atoms with Crippen molar-refractivity contribution in [2.75, 3.05) is 12.4 Å². The molecule has 2 aromatic rings. The number of methoxy groups -OCH3 is 1. The highest BCUT2D eigenvalue weighted by atomic mass is 35.5. The molecule has 0 aliphatic carbocycles. The SMILES string of the molecule is COc1ccc(/C=C(/C#N)C(=O)Nc2cccc(Cl)c2Cl)cc1[N+](=O)[O-]. The molecular formula is C17H11Cl2N3O4. The standard InChI is InChI=1S/C17H11Cl2N3O4/c1-26-15-6-5-10(8-14(15)22(24)25)7-11(9-20)17(23)21-13-4-2-3-12(18)16(13)19/h2-8H,1H3,(H,21,23)/b11-7-. The summed E-state index contributed by atoms with van der Waals surface area (Å²) in [6.07, 6.45) is 1.22. The van der Waals surface area contributed by atoms with Crippen LogP contribution < -0.4 is 10.1 Å². The molecule has 7 nitrogen and oxygen atoms in total. The monoisotopic (exact) mass is 391 g/mol. The zero-order valence-electron chi connectivity index (χ0n) is 13.3. The van der Waals surface area contributed by atoms with Crippen LogP contribution in [0.25, 0.3) is 6.08 Å². The Bertz CT molecular complexity index is 952. The summed E-state index contributed by atoms with van der Waals surface area (Å²) in [6.45, 7) is 0. The molecule has 2 aromatic carbocycles. The van der Waals surface area contributed by atoms with Crippen molar-refractivity contribution in [2.24, 2.45) is 0 Å². The first kappa shape index (κ1) is 19.2. The number of hydrogen-bond acceptors (Lipinski definition) is 5. The fourth-order valence-electron chi connectivity index (χ4n) is 2.04. The maximum atomic E-state index is 12.3. The van der Waals surface area contributed by atoms with Gasteiger partial charge in [-0.05, 0) is 29.8 Å². The number of anilines is 1. The molecule has 0 bridgehead atoms. The van der Waals surface area contributed by atoms with Gasteiger partial charge in [-0.25, -0.2) is 0 Å². The van der Waals surface area contributed by atoms with E-state index in [0.717, 1.165) is 0 Å². The van der Waals surface area contributed by atoms with E-state index in [9.17, 15) is 20.2 Å². The van der Waals surface area contributed by atoms with Crippen molar-refractivity contribution in [3.8, 4) is 11.8 Å². The minimum Gasteiger partial charge on any atom is -0.490 e. The summed E-state index contributed by atoms with van der Waals surface area (Å²) in [7, 11) is 1.31. The minimum absolute atomic E-state index is 0.0702. The van der Waals surface area contributed by atoms with Crippen LogP contribution in [0.4, 0.5) is 11.4 Å². The third kappa shape index (κ3) is 4.30. The molecule has 0 aromatic heterocycles. The van der Waals surface area contributed by atoms with Crippen LogP contribution in [0.2, 0.25) is 10.0 Å². The largest absolute Gasteiger partial charge is 0.490 e. The lowest BCUT2D eigenvalue weighted by Gasteiger charge is -2.07. The number of nitrogens with one attached hydrogen (secondary N) is 1. The normalized spacial score (nSPS) is 10.8. The van der Waals surface area contributed by atoms with E-state index in [1.807, 2.05) is 0 Å². The highest BCUT2D eigenvalue weighted by Gasteiger charge is 2.17. The number of hydrogen-bond donors (Lipinski definition) is 1. The number of carbonyl (C=O) groups excluding carboxylic acids is 1. The lowest BCUT2D eigenvalue weighted by molar-refractivity contribution is -0.385. The van der Waals surface area contributed by atoms with Gasteiger partial charge in [-0.2, -0.15) is 5.26 Å². The number of nitrogens with zero attached hydrogens (tertiary/aromatic N) is 2. The molecule has 132 valence electrons. The second-order valence-electron chi connectivity index (χ2n) is 4.91. The van der Waals surface area contributed by atoms with Crippen LogP contribution in [0, 0.1) is 21.4 Å². The maximum Gasteiger partial charge on any atom is 0.311 e. The van der Waals surface area contributed by atoms with Crippen LogP contribution in [0.1, 0.15) is 5.56 Å². The van der Waals surface area contributed by atoms with Crippen LogP contribution in [-0.4, -0.2) is 17.9 Å². The summed E-state index contributed by atoms with van der Waals surface area (Å²) in [4.78, 5) is 22.7. The van der Waals surface area contributed by atoms with Gasteiger partial charge in [0, 0.05) is 6.07 Å². The van der Waals surface area contributed by atoms with Gasteiger partial charge >= 0.3 is 5.69 Å². The van der Waals surface area contributed by atoms with Crippen molar-refractivity contribution in [1.82, 2.24) is 0 Å². The molecule has 1 N–H and O–H groups in total. The van der Waals surface area contributed by atoms with Crippen molar-refractivity contribution in [3.05, 3.63) is 67.7 Å². The summed E-state index contributed by atoms with van der Waals surface area (Å²) in [5.41, 5.74) is -0.00948. The predicted molar refractivity (Wildman–Crippen MR) is 98.3 cm³/mol. The molecule has 0 fully saturated rings. The van der Waals surface area contributed by atoms with Gasteiger partial charge in [-0.1, -0.05) is 35.3 Å². The van der Waals surface area contributed by atoms with Gasteiger partial charge in [0.15, 0.2) is 5.75 Å². The topological polar surface area (TPSA) is 105 Å². The molecule has 0 atom stereocenters. The second-order valence-corrected chi connectivity index (χ2v) is 5.70. The first-order chi connectivity index (χ1) is 12.4. The second kappa shape index (κ2) is 8.34. The molecule has 0 spiro atoms. The number of carbonyl (C=O) groups is 1. The highest BCUT2D eigenvalue weighted by molar-refractivity contribution is 6.44. The molecule has 9 heteroatoms. The molecule has 0 aliphatic heterocycles. The number of nitro benzene ring substituents is 1. The number of amides is 1. The minimum atomic E-state index is -0.727. The van der Waals surface area contributed by atoms with Gasteiger partial charge in [-0.3, -0.25) is 14.9 Å². The summed E-state index contributed by atoms with van der Waals surface area (Å²) < 4.78 is 4.91. The Morgan fingerprint density at radius 1 is 1.35 bits per heavy atom. The number of halogens is 2. The summed E-state index contributed by atoms with van der Waals surface area (Å²) in [5.74, 6) is -0.657. The van der Waals surface area contributed by atoms with E-state index < -0.39 is 10.8 Å². The van der Waals surface area contributed by atoms with Crippen LogP contribution in [-0.2, 0) is 4.79 Å². The van der Waals surface area contributed by atoms with E-state index in [4.69, 9.17) is 27.9 Å². The van der Waals surface area contributed by atoms with Crippen LogP contribution in [0.15, 0.2) is 42.0 Å². The summed E-state index contributed by atoms with van der Waals surface area (Å²) in [6, 6.07) is 10.5. The average Bonchev–Trinajstić information content (AvgIpc) is 2.63. The van der Waals surface area contributed by atoms with Crippen LogP contribution >= 0.6 is 23.2 Å². The zero-order chi connectivity index (χ0) is 19.3. The molecule has 0 heterocycles. The number of nitriles is 1. The molecule has 2 rings (SSSR count). The van der Waals surface area contributed by atoms with E-state index in [-0.39, 0.29) is 32.7 Å². The van der Waals surface area contributed by atoms with E-state index in [1.165, 1.54) is 37.5 Å². The Labute approximate surface area is 158 Å². The number of nitro groups is 1. The molecule has 1 amide bonds. The third-order valence-electron chi connectivity index (χ3n) is 3.28. The molecular weight excluding hydrogens is 381 g/mol. The zero-order valence-corrected chi connectivity index (χ0v) is 14.8. The summed E-state index contributed by atoms with van der Waals surface area (Å²) >= 11 is 11.9. The molecule has 0 saturated carbocycles. The van der Waals surface area contributed by atoms with Gasteiger partial charge in [0.25, 0.3) is 5.91 Å². The Morgan fingerprint density at radius 3 is 2.69 bits per heavy atom. The molecule has 0 saturated heterocycles. The maximum absolute atomic E-state index is 12.3. The first-order valence-electron chi connectivity index (χ1n) is 7.07. The lowest BCUT2D eigenvalue weighted by Crippen LogP contribution is -2.13. The van der Waals surface area contributed by atoms with Gasteiger partial charge in [0.05, 0.1) is 27.8 Å². The molecule has 26 heavy (non-hydrogen) atoms. The molecule has 0 aliphatic rings. The van der Waals surface area contributed by atoms with E-state index in [1.54, 1.807) is 18.2 Å². The van der Waals surface area contributed by atoms with Crippen LogP contribution in [0.3, 0.4) is 0 Å². The fourth-order valence-corrected chi connectivity index (χ4v) is 2.39. The van der Waals surface area contributed by atoms with Crippen molar-refractivity contribution in [2.45, 2.75) is 0 Å². The number of benzene rings is 2. The van der Waals surface area contributed by atoms with Crippen molar-refractivity contribution in [1.29, 1.82) is 5.26 Å². The van der Waals surface area contributed by atoms with Gasteiger partial charge < -0.3 is 10.1 Å². The Kier molecular flexibility index (Phi) is 6.17. The van der Waals surface area contributed by atoms with E-state index in [0.29, 0.717) is 5.56 Å². The highest BCUT2D eigenvalue weighted by Crippen LogP contribution is 2.30. The van der Waals surface area contributed by atoms with E-state index >= 15 is 0 Å². The lowest BCUT2D eigenvalue weighted by atomic mass is 10.1. The van der Waals surface area contributed by atoms with Gasteiger partial charge in [-0.15, -0.1) is 0 Å². The van der Waals surface area contributed by atoms with Crippen molar-refractivity contribution in [3.63, 3.8) is 0 Å². The van der Waals surface area contributed by atoms with Crippen LogP contribution in [0.5, 0.6) is 5.75 Å². The third-order valence-corrected chi connectivity index (χ3v) is 4.09. The fraction of sp³-hybridized carbons (Fsp3) is 0.0588. The number of ether oxygens (including phenoxy) is 1. The first-order valence-corrected chi connectivity index (χ1v) is 7.82. The Balaban J connectivity index is 2.34. The Morgan fingerprint density at radius 2 is 2.08 bits per heavy atom. The predicted octanol–water partition coefficient (Wildman–Crippen LogP) is 4.46. The van der Waals surface area contributed by atoms with E-state index in [2.05, 4.69) is 5.32 Å². The van der Waals surface area contributed by atoms with Crippen molar-refractivity contribution >= 4 is 46.6 Å². The quantitative estimate of drug-likeness (QED) is 0.350. The molecule has 0 unspecified atom stereocenters. The molecule has 0 radical (unpaired) electrons. The Hall–Kier alpha value is -3.08. The van der Waals surface area contributed by atoms with Gasteiger partial charge in [0.2, 0.25) is 0 Å².